The van der Waals surface area contributed by atoms with E-state index in [1.165, 1.54) is 12.3 Å². The zero-order valence-corrected chi connectivity index (χ0v) is 8.32. The summed E-state index contributed by atoms with van der Waals surface area (Å²) in [5.41, 5.74) is 0. The van der Waals surface area contributed by atoms with Crippen molar-refractivity contribution in [3.63, 3.8) is 0 Å². The Morgan fingerprint density at radius 2 is 2.50 bits per heavy atom. The second-order valence-corrected chi connectivity index (χ2v) is 2.98. The minimum absolute atomic E-state index is 0.112. The Bertz CT molecular complexity index is 288. The van der Waals surface area contributed by atoms with Crippen molar-refractivity contribution in [1.82, 2.24) is 5.32 Å². The van der Waals surface area contributed by atoms with Crippen LogP contribution in [0.1, 0.15) is 30.3 Å². The number of ketones is 1. The number of furan rings is 1. The van der Waals surface area contributed by atoms with Crippen LogP contribution in [0.15, 0.2) is 35.1 Å². The van der Waals surface area contributed by atoms with E-state index in [1.54, 1.807) is 18.3 Å². The van der Waals surface area contributed by atoms with Gasteiger partial charge in [-0.15, -0.1) is 0 Å². The van der Waals surface area contributed by atoms with Crippen molar-refractivity contribution < 1.29 is 9.21 Å². The molecule has 0 saturated carbocycles. The predicted molar refractivity (Wildman–Crippen MR) is 55.1 cm³/mol. The van der Waals surface area contributed by atoms with Crippen molar-refractivity contribution in [3.8, 4) is 0 Å². The van der Waals surface area contributed by atoms with Crippen LogP contribution in [0.4, 0.5) is 0 Å². The van der Waals surface area contributed by atoms with Crippen LogP contribution in [0.25, 0.3) is 0 Å². The van der Waals surface area contributed by atoms with Crippen LogP contribution in [-0.2, 0) is 0 Å². The first kappa shape index (κ1) is 10.6. The lowest BCUT2D eigenvalue weighted by molar-refractivity contribution is 0.102. The molecule has 0 aliphatic carbocycles. The first-order valence-corrected chi connectivity index (χ1v) is 4.82. The first-order valence-electron chi connectivity index (χ1n) is 4.82. The molecule has 0 aliphatic heterocycles. The van der Waals surface area contributed by atoms with Gasteiger partial charge in [-0.2, -0.15) is 0 Å². The van der Waals surface area contributed by atoms with Gasteiger partial charge in [-0.25, -0.2) is 0 Å². The Balaban J connectivity index is 2.27. The molecule has 14 heavy (non-hydrogen) atoms. The molecule has 0 fully saturated rings. The molecule has 0 atom stereocenters. The van der Waals surface area contributed by atoms with Gasteiger partial charge in [0.1, 0.15) is 0 Å². The van der Waals surface area contributed by atoms with Crippen molar-refractivity contribution in [3.05, 3.63) is 36.4 Å². The van der Waals surface area contributed by atoms with Crippen molar-refractivity contribution in [2.45, 2.75) is 19.8 Å². The topological polar surface area (TPSA) is 42.2 Å². The number of rotatable bonds is 6. The molecule has 76 valence electrons. The summed E-state index contributed by atoms with van der Waals surface area (Å²) < 4.78 is 4.94. The smallest absolute Gasteiger partial charge is 0.222 e. The molecule has 1 aromatic rings. The molecule has 0 spiro atoms. The highest BCUT2D eigenvalue weighted by Crippen LogP contribution is 2.01. The first-order chi connectivity index (χ1) is 6.84. The van der Waals surface area contributed by atoms with E-state index >= 15 is 0 Å². The molecule has 3 nitrogen and oxygen atoms in total. The fourth-order valence-electron chi connectivity index (χ4n) is 0.998. The second-order valence-electron chi connectivity index (χ2n) is 2.98. The number of nitrogens with one attached hydrogen (secondary N) is 1. The van der Waals surface area contributed by atoms with E-state index < -0.39 is 0 Å². The Kier molecular flexibility index (Phi) is 4.55. The molecule has 0 unspecified atom stereocenters. The summed E-state index contributed by atoms with van der Waals surface area (Å²) in [6.45, 7) is 3.03. The Labute approximate surface area is 83.8 Å². The standard InChI is InChI=1S/C11H15NO2/c1-2-3-7-12-8-6-10(13)11-5-4-9-14-11/h4-6,8-9,12H,2-3,7H2,1H3/b8-6-. The molecule has 0 amide bonds. The summed E-state index contributed by atoms with van der Waals surface area (Å²) >= 11 is 0. The lowest BCUT2D eigenvalue weighted by Crippen LogP contribution is -2.07. The Morgan fingerprint density at radius 3 is 3.14 bits per heavy atom. The molecule has 0 bridgehead atoms. The number of hydrogen-bond donors (Lipinski definition) is 1. The van der Waals surface area contributed by atoms with E-state index in [1.807, 2.05) is 0 Å². The molecule has 3 heteroatoms. The van der Waals surface area contributed by atoms with Gasteiger partial charge in [-0.3, -0.25) is 4.79 Å². The van der Waals surface area contributed by atoms with Crippen molar-refractivity contribution in [2.24, 2.45) is 0 Å². The quantitative estimate of drug-likeness (QED) is 0.428. The van der Waals surface area contributed by atoms with Gasteiger partial charge >= 0.3 is 0 Å². The van der Waals surface area contributed by atoms with Gasteiger partial charge < -0.3 is 9.73 Å². The zero-order valence-electron chi connectivity index (χ0n) is 8.32. The number of hydrogen-bond acceptors (Lipinski definition) is 3. The Hall–Kier alpha value is -1.51. The van der Waals surface area contributed by atoms with E-state index in [-0.39, 0.29) is 5.78 Å². The van der Waals surface area contributed by atoms with Crippen molar-refractivity contribution >= 4 is 5.78 Å². The molecular formula is C11H15NO2. The SMILES string of the molecule is CCCCN/C=C\C(=O)c1ccco1. The maximum Gasteiger partial charge on any atom is 0.222 e. The maximum atomic E-state index is 11.3. The Morgan fingerprint density at radius 1 is 1.64 bits per heavy atom. The molecule has 1 aromatic heterocycles. The van der Waals surface area contributed by atoms with E-state index in [9.17, 15) is 4.79 Å². The predicted octanol–water partition coefficient (Wildman–Crippen LogP) is 2.37. The monoisotopic (exact) mass is 193 g/mol. The molecule has 0 saturated heterocycles. The van der Waals surface area contributed by atoms with Gasteiger partial charge in [0, 0.05) is 18.8 Å². The molecule has 0 radical (unpaired) electrons. The van der Waals surface area contributed by atoms with Crippen LogP contribution in [0.5, 0.6) is 0 Å². The minimum atomic E-state index is -0.112. The van der Waals surface area contributed by atoms with Crippen LogP contribution in [0, 0.1) is 0 Å². The highest BCUT2D eigenvalue weighted by molar-refractivity contribution is 6.02. The number of unbranched alkanes of at least 4 members (excludes halogenated alkanes) is 1. The fraction of sp³-hybridized carbons (Fsp3) is 0.364. The second kappa shape index (κ2) is 6.02. The summed E-state index contributed by atoms with van der Waals surface area (Å²) in [5.74, 6) is 0.262. The van der Waals surface area contributed by atoms with Crippen molar-refractivity contribution in [2.75, 3.05) is 6.54 Å². The van der Waals surface area contributed by atoms with Gasteiger partial charge in [0.15, 0.2) is 5.76 Å². The maximum absolute atomic E-state index is 11.3. The normalized spacial score (nSPS) is 10.6. The summed E-state index contributed by atoms with van der Waals surface area (Å²) in [4.78, 5) is 11.3. The highest BCUT2D eigenvalue weighted by atomic mass is 16.3. The molecule has 1 heterocycles. The van der Waals surface area contributed by atoms with E-state index in [0.717, 1.165) is 19.4 Å². The third-order valence-electron chi connectivity index (χ3n) is 1.79. The molecule has 1 N–H and O–H groups in total. The van der Waals surface area contributed by atoms with Crippen LogP contribution >= 0.6 is 0 Å². The lowest BCUT2D eigenvalue weighted by atomic mass is 10.3. The largest absolute Gasteiger partial charge is 0.461 e. The third kappa shape index (κ3) is 3.47. The van der Waals surface area contributed by atoms with E-state index in [2.05, 4.69) is 12.2 Å². The average Bonchev–Trinajstić information content (AvgIpc) is 2.70. The summed E-state index contributed by atoms with van der Waals surface area (Å²) in [6.07, 6.45) is 6.90. The molecule has 1 rings (SSSR count). The molecular weight excluding hydrogens is 178 g/mol. The molecule has 0 aromatic carbocycles. The van der Waals surface area contributed by atoms with Gasteiger partial charge in [-0.1, -0.05) is 13.3 Å². The van der Waals surface area contributed by atoms with Gasteiger partial charge in [0.25, 0.3) is 0 Å². The van der Waals surface area contributed by atoms with Crippen LogP contribution in [0.3, 0.4) is 0 Å². The van der Waals surface area contributed by atoms with Crippen molar-refractivity contribution in [1.29, 1.82) is 0 Å². The van der Waals surface area contributed by atoms with Crippen LogP contribution in [-0.4, -0.2) is 12.3 Å². The van der Waals surface area contributed by atoms with Gasteiger partial charge in [0.2, 0.25) is 5.78 Å². The van der Waals surface area contributed by atoms with Gasteiger partial charge in [0.05, 0.1) is 6.26 Å². The average molecular weight is 193 g/mol. The third-order valence-corrected chi connectivity index (χ3v) is 1.79. The highest BCUT2D eigenvalue weighted by Gasteiger charge is 2.02. The number of carbonyl (C=O) groups is 1. The zero-order chi connectivity index (χ0) is 10.2. The van der Waals surface area contributed by atoms with Crippen LogP contribution in [0.2, 0.25) is 0 Å². The lowest BCUT2D eigenvalue weighted by Gasteiger charge is -1.96. The molecule has 0 aliphatic rings. The number of carbonyl (C=O) groups excluding carboxylic acids is 1. The number of allylic oxidation sites excluding steroid dienone is 1. The summed E-state index contributed by atoms with van der Waals surface area (Å²) in [5, 5.41) is 3.04. The van der Waals surface area contributed by atoms with Gasteiger partial charge in [-0.05, 0) is 18.6 Å². The summed E-state index contributed by atoms with van der Waals surface area (Å²) in [6, 6.07) is 3.35. The summed E-state index contributed by atoms with van der Waals surface area (Å²) in [7, 11) is 0. The van der Waals surface area contributed by atoms with E-state index in [0.29, 0.717) is 5.76 Å². The fourth-order valence-corrected chi connectivity index (χ4v) is 0.998. The van der Waals surface area contributed by atoms with Crippen LogP contribution < -0.4 is 5.32 Å². The minimum Gasteiger partial charge on any atom is -0.461 e. The van der Waals surface area contributed by atoms with E-state index in [4.69, 9.17) is 4.42 Å².